The number of phenols is 3. The van der Waals surface area contributed by atoms with E-state index < -0.39 is 60.0 Å². The molecule has 182 valence electrons. The summed E-state index contributed by atoms with van der Waals surface area (Å²) in [7, 11) is 1.24. The largest absolute Gasteiger partial charge is 0.504 e. The van der Waals surface area contributed by atoms with Gasteiger partial charge in [0.1, 0.15) is 41.1 Å². The van der Waals surface area contributed by atoms with E-state index in [1.165, 1.54) is 31.4 Å². The molecule has 34 heavy (non-hydrogen) atoms. The first-order valence-electron chi connectivity index (χ1n) is 10.0. The molecule has 1 aliphatic rings. The fourth-order valence-corrected chi connectivity index (χ4v) is 3.63. The van der Waals surface area contributed by atoms with Crippen molar-refractivity contribution in [3.63, 3.8) is 0 Å². The molecule has 1 aromatic heterocycles. The first-order chi connectivity index (χ1) is 16.2. The second-order valence-electron chi connectivity index (χ2n) is 7.62. The molecule has 0 spiro atoms. The van der Waals surface area contributed by atoms with Gasteiger partial charge in [0.15, 0.2) is 28.4 Å². The number of aromatic hydroxyl groups is 3. The topological polar surface area (TPSA) is 200 Å². The zero-order chi connectivity index (χ0) is 24.7. The van der Waals surface area contributed by atoms with Crippen molar-refractivity contribution in [1.82, 2.24) is 0 Å². The van der Waals surface area contributed by atoms with Crippen LogP contribution in [0.5, 0.6) is 28.7 Å². The summed E-state index contributed by atoms with van der Waals surface area (Å²) in [5.74, 6) is -2.01. The van der Waals surface area contributed by atoms with Crippen LogP contribution in [0, 0.1) is 0 Å². The second kappa shape index (κ2) is 9.00. The zero-order valence-electron chi connectivity index (χ0n) is 17.7. The normalized spacial score (nSPS) is 24.8. The Balaban J connectivity index is 1.78. The summed E-state index contributed by atoms with van der Waals surface area (Å²) < 4.78 is 21.7. The molecular formula is C22H22O12. The van der Waals surface area contributed by atoms with Gasteiger partial charge in [0.2, 0.25) is 12.0 Å². The Labute approximate surface area is 191 Å². The van der Waals surface area contributed by atoms with E-state index in [2.05, 4.69) is 0 Å². The summed E-state index contributed by atoms with van der Waals surface area (Å²) in [6.07, 6.45) is -8.00. The molecule has 3 aromatic rings. The number of aliphatic hydroxyl groups excluding tert-OH is 4. The van der Waals surface area contributed by atoms with Gasteiger partial charge in [0.05, 0.1) is 13.7 Å². The molecule has 7 N–H and O–H groups in total. The van der Waals surface area contributed by atoms with E-state index >= 15 is 0 Å². The molecular weight excluding hydrogens is 456 g/mol. The summed E-state index contributed by atoms with van der Waals surface area (Å²) in [5, 5.41) is 69.2. The molecule has 0 amide bonds. The third-order valence-corrected chi connectivity index (χ3v) is 5.48. The highest BCUT2D eigenvalue weighted by Gasteiger charge is 2.45. The monoisotopic (exact) mass is 478 g/mol. The SMILES string of the molecule is COc1cc2oc(-c3ccc(O)c(O)c3)cc(=O)c2c(O)c1O[C@H]1O[C@@H](CO)[C@H](O)[C@@H](O)[C@@H]1O. The zero-order valence-corrected chi connectivity index (χ0v) is 17.7. The number of rotatable bonds is 5. The fourth-order valence-electron chi connectivity index (χ4n) is 3.63. The number of methoxy groups -OCH3 is 1. The quantitative estimate of drug-likeness (QED) is 0.238. The minimum Gasteiger partial charge on any atom is -0.504 e. The number of benzene rings is 2. The third-order valence-electron chi connectivity index (χ3n) is 5.48. The molecule has 1 saturated heterocycles. The van der Waals surface area contributed by atoms with Crippen LogP contribution in [0.4, 0.5) is 0 Å². The maximum absolute atomic E-state index is 12.8. The van der Waals surface area contributed by atoms with Crippen molar-refractivity contribution in [3.8, 4) is 40.1 Å². The molecule has 2 aromatic carbocycles. The van der Waals surface area contributed by atoms with E-state index in [1.54, 1.807) is 0 Å². The van der Waals surface area contributed by atoms with Crippen LogP contribution in [0.15, 0.2) is 39.5 Å². The maximum atomic E-state index is 12.8. The molecule has 1 aliphatic heterocycles. The predicted octanol–water partition coefficient (Wildman–Crippen LogP) is -0.236. The van der Waals surface area contributed by atoms with Crippen LogP contribution in [0.1, 0.15) is 0 Å². The minimum atomic E-state index is -1.77. The van der Waals surface area contributed by atoms with Crippen molar-refractivity contribution >= 4 is 11.0 Å². The van der Waals surface area contributed by atoms with Crippen molar-refractivity contribution in [2.45, 2.75) is 30.7 Å². The van der Waals surface area contributed by atoms with Gasteiger partial charge in [-0.05, 0) is 18.2 Å². The van der Waals surface area contributed by atoms with Crippen LogP contribution < -0.4 is 14.9 Å². The lowest BCUT2D eigenvalue weighted by molar-refractivity contribution is -0.277. The average molecular weight is 478 g/mol. The van der Waals surface area contributed by atoms with Crippen molar-refractivity contribution in [2.24, 2.45) is 0 Å². The van der Waals surface area contributed by atoms with Crippen LogP contribution in [0.25, 0.3) is 22.3 Å². The van der Waals surface area contributed by atoms with Gasteiger partial charge in [-0.1, -0.05) is 0 Å². The van der Waals surface area contributed by atoms with E-state index in [9.17, 15) is 40.5 Å². The Morgan fingerprint density at radius 3 is 2.35 bits per heavy atom. The molecule has 12 nitrogen and oxygen atoms in total. The van der Waals surface area contributed by atoms with Crippen LogP contribution in [-0.4, -0.2) is 80.2 Å². The van der Waals surface area contributed by atoms with Gasteiger partial charge in [-0.25, -0.2) is 0 Å². The van der Waals surface area contributed by atoms with Crippen LogP contribution in [0.3, 0.4) is 0 Å². The third kappa shape index (κ3) is 3.97. The highest BCUT2D eigenvalue weighted by molar-refractivity contribution is 5.89. The van der Waals surface area contributed by atoms with E-state index in [-0.39, 0.29) is 33.8 Å². The molecule has 5 atom stereocenters. The van der Waals surface area contributed by atoms with E-state index in [0.717, 1.165) is 6.07 Å². The molecule has 0 radical (unpaired) electrons. The van der Waals surface area contributed by atoms with Crippen molar-refractivity contribution in [3.05, 3.63) is 40.6 Å². The van der Waals surface area contributed by atoms with Gasteiger partial charge in [-0.3, -0.25) is 4.79 Å². The van der Waals surface area contributed by atoms with Crippen LogP contribution in [0.2, 0.25) is 0 Å². The Morgan fingerprint density at radius 2 is 1.71 bits per heavy atom. The average Bonchev–Trinajstić information content (AvgIpc) is 2.81. The van der Waals surface area contributed by atoms with Gasteiger partial charge in [-0.2, -0.15) is 0 Å². The van der Waals surface area contributed by atoms with Crippen LogP contribution >= 0.6 is 0 Å². The maximum Gasteiger partial charge on any atom is 0.229 e. The Morgan fingerprint density at radius 1 is 0.971 bits per heavy atom. The number of hydrogen-bond donors (Lipinski definition) is 7. The van der Waals surface area contributed by atoms with E-state index in [1.807, 2.05) is 0 Å². The highest BCUT2D eigenvalue weighted by Crippen LogP contribution is 2.44. The van der Waals surface area contributed by atoms with Crippen LogP contribution in [-0.2, 0) is 4.74 Å². The number of ether oxygens (including phenoxy) is 3. The van der Waals surface area contributed by atoms with Gasteiger partial charge in [0.25, 0.3) is 0 Å². The number of phenolic OH excluding ortho intramolecular Hbond substituents is 3. The number of fused-ring (bicyclic) bond motifs is 1. The summed E-state index contributed by atoms with van der Waals surface area (Å²) in [5.41, 5.74) is -0.525. The van der Waals surface area contributed by atoms with Gasteiger partial charge >= 0.3 is 0 Å². The smallest absolute Gasteiger partial charge is 0.229 e. The molecule has 2 heterocycles. The number of hydrogen-bond acceptors (Lipinski definition) is 12. The summed E-state index contributed by atoms with van der Waals surface area (Å²) in [4.78, 5) is 12.8. The second-order valence-corrected chi connectivity index (χ2v) is 7.62. The molecule has 1 fully saturated rings. The van der Waals surface area contributed by atoms with Gasteiger partial charge in [-0.15, -0.1) is 0 Å². The highest BCUT2D eigenvalue weighted by atomic mass is 16.7. The Kier molecular flexibility index (Phi) is 6.25. The number of aliphatic hydroxyl groups is 4. The Bertz CT molecular complexity index is 1270. The fraction of sp³-hybridized carbons (Fsp3) is 0.318. The summed E-state index contributed by atoms with van der Waals surface area (Å²) in [6, 6.07) is 6.10. The van der Waals surface area contributed by atoms with Crippen molar-refractivity contribution in [1.29, 1.82) is 0 Å². The Hall–Kier alpha value is -3.55. The standard InChI is InChI=1S/C22H22O12/c1-31-14-6-13-16(11(26)5-12(32-13)8-2-3-9(24)10(25)4-8)18(28)21(14)34-22-20(30)19(29)17(27)15(7-23)33-22/h2-6,15,17,19-20,22-25,27-30H,7H2,1H3/t15-,17-,19+,20-,22+/m0/s1. The lowest BCUT2D eigenvalue weighted by Crippen LogP contribution is -2.60. The first-order valence-corrected chi connectivity index (χ1v) is 10.0. The van der Waals surface area contributed by atoms with Gasteiger partial charge < -0.3 is 54.4 Å². The van der Waals surface area contributed by atoms with Gasteiger partial charge in [0, 0.05) is 17.7 Å². The van der Waals surface area contributed by atoms with Crippen molar-refractivity contribution < 1.29 is 54.4 Å². The lowest BCUT2D eigenvalue weighted by Gasteiger charge is -2.39. The molecule has 12 heteroatoms. The predicted molar refractivity (Wildman–Crippen MR) is 114 cm³/mol. The van der Waals surface area contributed by atoms with E-state index in [4.69, 9.17) is 18.6 Å². The molecule has 4 rings (SSSR count). The first kappa shape index (κ1) is 23.6. The summed E-state index contributed by atoms with van der Waals surface area (Å²) in [6.45, 7) is -0.690. The molecule has 0 unspecified atom stereocenters. The minimum absolute atomic E-state index is 0.0249. The van der Waals surface area contributed by atoms with Crippen molar-refractivity contribution in [2.75, 3.05) is 13.7 Å². The summed E-state index contributed by atoms with van der Waals surface area (Å²) >= 11 is 0. The molecule has 0 aliphatic carbocycles. The lowest BCUT2D eigenvalue weighted by atomic mass is 9.99. The van der Waals surface area contributed by atoms with E-state index in [0.29, 0.717) is 0 Å². The molecule has 0 saturated carbocycles. The molecule has 0 bridgehead atoms.